The summed E-state index contributed by atoms with van der Waals surface area (Å²) in [6, 6.07) is 20.5. The fourth-order valence-electron chi connectivity index (χ4n) is 4.20. The molecule has 5 rings (SSSR count). The summed E-state index contributed by atoms with van der Waals surface area (Å²) >= 11 is 0. The third kappa shape index (κ3) is 2.81. The van der Waals surface area contributed by atoms with Crippen LogP contribution in [0.2, 0.25) is 0 Å². The Labute approximate surface area is 168 Å². The third-order valence-corrected chi connectivity index (χ3v) is 5.65. The van der Waals surface area contributed by atoms with Gasteiger partial charge in [0.05, 0.1) is 5.69 Å². The largest absolute Gasteiger partial charge is 0.309 e. The molecule has 0 bridgehead atoms. The summed E-state index contributed by atoms with van der Waals surface area (Å²) in [5.41, 5.74) is 3.50. The Balaban J connectivity index is 1.60. The highest BCUT2D eigenvalue weighted by Gasteiger charge is 2.30. The standard InChI is InChI=1S/C24H20FN3O/c1-27(20-14-6-9-16-8-2-3-10-17(16)20)24(29)23-18-11-7-15-21(18)28(26-23)22-13-5-4-12-19(22)25/h2-6,8-10,12-14H,7,11,15H2,1H3. The molecule has 5 heteroatoms. The number of carbonyl (C=O) groups excluding carboxylic acids is 1. The van der Waals surface area contributed by atoms with Crippen LogP contribution in [0.5, 0.6) is 0 Å². The van der Waals surface area contributed by atoms with E-state index in [1.54, 1.807) is 34.8 Å². The summed E-state index contributed by atoms with van der Waals surface area (Å²) in [5.74, 6) is -0.513. The maximum absolute atomic E-state index is 14.4. The second kappa shape index (κ2) is 6.85. The first-order chi connectivity index (χ1) is 14.1. The van der Waals surface area contributed by atoms with Gasteiger partial charge in [-0.1, -0.05) is 48.5 Å². The monoisotopic (exact) mass is 385 g/mol. The van der Waals surface area contributed by atoms with Gasteiger partial charge in [-0.3, -0.25) is 4.79 Å². The summed E-state index contributed by atoms with van der Waals surface area (Å²) in [7, 11) is 1.77. The van der Waals surface area contributed by atoms with Crippen molar-refractivity contribution >= 4 is 22.4 Å². The van der Waals surface area contributed by atoms with Crippen molar-refractivity contribution < 1.29 is 9.18 Å². The van der Waals surface area contributed by atoms with Crippen LogP contribution in [0.4, 0.5) is 10.1 Å². The van der Waals surface area contributed by atoms with Crippen molar-refractivity contribution in [2.75, 3.05) is 11.9 Å². The van der Waals surface area contributed by atoms with E-state index in [0.717, 1.165) is 47.0 Å². The van der Waals surface area contributed by atoms with Crippen molar-refractivity contribution in [3.63, 3.8) is 0 Å². The van der Waals surface area contributed by atoms with Crippen LogP contribution >= 0.6 is 0 Å². The Bertz CT molecular complexity index is 1240. The van der Waals surface area contributed by atoms with Gasteiger partial charge >= 0.3 is 0 Å². The molecule has 0 N–H and O–H groups in total. The van der Waals surface area contributed by atoms with Crippen LogP contribution in [0, 0.1) is 5.82 Å². The topological polar surface area (TPSA) is 38.1 Å². The molecule has 0 aliphatic heterocycles. The number of hydrogen-bond donors (Lipinski definition) is 0. The number of benzene rings is 3. The molecule has 0 unspecified atom stereocenters. The lowest BCUT2D eigenvalue weighted by Gasteiger charge is -2.19. The molecule has 1 heterocycles. The molecule has 1 aromatic heterocycles. The molecule has 4 nitrogen and oxygen atoms in total. The van der Waals surface area contributed by atoms with Crippen LogP contribution in [-0.4, -0.2) is 22.7 Å². The van der Waals surface area contributed by atoms with Crippen molar-refractivity contribution in [1.29, 1.82) is 0 Å². The Morgan fingerprint density at radius 1 is 1.00 bits per heavy atom. The van der Waals surface area contributed by atoms with Gasteiger partial charge in [0, 0.05) is 23.7 Å². The lowest BCUT2D eigenvalue weighted by molar-refractivity contribution is 0.0987. The molecule has 0 saturated carbocycles. The zero-order chi connectivity index (χ0) is 20.0. The van der Waals surface area contributed by atoms with E-state index in [1.807, 2.05) is 42.5 Å². The number of halogens is 1. The molecule has 144 valence electrons. The first-order valence-electron chi connectivity index (χ1n) is 9.76. The Hall–Kier alpha value is -3.47. The Kier molecular flexibility index (Phi) is 4.16. The molecule has 1 amide bonds. The number of carbonyl (C=O) groups is 1. The van der Waals surface area contributed by atoms with E-state index in [1.165, 1.54) is 6.07 Å². The number of para-hydroxylation sites is 1. The zero-order valence-corrected chi connectivity index (χ0v) is 16.1. The first-order valence-corrected chi connectivity index (χ1v) is 9.76. The van der Waals surface area contributed by atoms with E-state index < -0.39 is 0 Å². The second-order valence-corrected chi connectivity index (χ2v) is 7.35. The lowest BCUT2D eigenvalue weighted by Crippen LogP contribution is -2.27. The summed E-state index contributed by atoms with van der Waals surface area (Å²) in [6.45, 7) is 0. The molecular weight excluding hydrogens is 365 g/mol. The normalized spacial score (nSPS) is 12.9. The number of fused-ring (bicyclic) bond motifs is 2. The molecule has 4 aromatic rings. The first kappa shape index (κ1) is 17.6. The fourth-order valence-corrected chi connectivity index (χ4v) is 4.20. The predicted molar refractivity (Wildman–Crippen MR) is 112 cm³/mol. The smallest absolute Gasteiger partial charge is 0.278 e. The third-order valence-electron chi connectivity index (χ3n) is 5.65. The number of anilines is 1. The number of aromatic nitrogens is 2. The molecule has 29 heavy (non-hydrogen) atoms. The van der Waals surface area contributed by atoms with Gasteiger partial charge in [0.15, 0.2) is 5.69 Å². The number of hydrogen-bond acceptors (Lipinski definition) is 2. The van der Waals surface area contributed by atoms with Gasteiger partial charge in [0.25, 0.3) is 5.91 Å². The molecule has 0 radical (unpaired) electrons. The van der Waals surface area contributed by atoms with Gasteiger partial charge < -0.3 is 4.90 Å². The highest BCUT2D eigenvalue weighted by atomic mass is 19.1. The van der Waals surface area contributed by atoms with Gasteiger partial charge in [-0.25, -0.2) is 9.07 Å². The van der Waals surface area contributed by atoms with Crippen molar-refractivity contribution in [2.24, 2.45) is 0 Å². The average molecular weight is 385 g/mol. The van der Waals surface area contributed by atoms with Crippen molar-refractivity contribution in [2.45, 2.75) is 19.3 Å². The molecule has 0 atom stereocenters. The average Bonchev–Trinajstić information content (AvgIpc) is 3.36. The van der Waals surface area contributed by atoms with Gasteiger partial charge in [-0.2, -0.15) is 5.10 Å². The summed E-state index contributed by atoms with van der Waals surface area (Å²) in [4.78, 5) is 15.1. The minimum Gasteiger partial charge on any atom is -0.309 e. The molecule has 3 aromatic carbocycles. The van der Waals surface area contributed by atoms with E-state index in [2.05, 4.69) is 5.10 Å². The van der Waals surface area contributed by atoms with Crippen LogP contribution in [0.1, 0.15) is 28.2 Å². The number of amides is 1. The Morgan fingerprint density at radius 3 is 2.62 bits per heavy atom. The minimum atomic E-state index is -0.342. The van der Waals surface area contributed by atoms with Crippen LogP contribution in [0.25, 0.3) is 16.5 Å². The Morgan fingerprint density at radius 2 is 1.76 bits per heavy atom. The number of nitrogens with zero attached hydrogens (tertiary/aromatic N) is 3. The maximum atomic E-state index is 14.4. The van der Waals surface area contributed by atoms with Crippen molar-refractivity contribution in [3.05, 3.63) is 89.5 Å². The molecule has 0 saturated heterocycles. The highest BCUT2D eigenvalue weighted by Crippen LogP contribution is 2.31. The molecule has 0 spiro atoms. The SMILES string of the molecule is CN(C(=O)c1nn(-c2ccccc2F)c2c1CCC2)c1cccc2ccccc12. The minimum absolute atomic E-state index is 0.172. The summed E-state index contributed by atoms with van der Waals surface area (Å²) in [5, 5.41) is 6.66. The van der Waals surface area contributed by atoms with Gasteiger partial charge in [-0.05, 0) is 42.8 Å². The summed E-state index contributed by atoms with van der Waals surface area (Å²) < 4.78 is 16.0. The highest BCUT2D eigenvalue weighted by molar-refractivity contribution is 6.10. The molecule has 1 aliphatic carbocycles. The van der Waals surface area contributed by atoms with Crippen LogP contribution < -0.4 is 4.90 Å². The van der Waals surface area contributed by atoms with Gasteiger partial charge in [0.1, 0.15) is 11.5 Å². The van der Waals surface area contributed by atoms with E-state index >= 15 is 0 Å². The number of rotatable bonds is 3. The summed E-state index contributed by atoms with van der Waals surface area (Å²) in [6.07, 6.45) is 2.52. The molecular formula is C24H20FN3O. The maximum Gasteiger partial charge on any atom is 0.278 e. The predicted octanol–water partition coefficient (Wildman–Crippen LogP) is 4.93. The zero-order valence-electron chi connectivity index (χ0n) is 16.1. The van der Waals surface area contributed by atoms with E-state index in [-0.39, 0.29) is 11.7 Å². The molecule has 0 fully saturated rings. The van der Waals surface area contributed by atoms with Crippen LogP contribution in [-0.2, 0) is 12.8 Å². The van der Waals surface area contributed by atoms with E-state index in [0.29, 0.717) is 11.4 Å². The quantitative estimate of drug-likeness (QED) is 0.502. The van der Waals surface area contributed by atoms with E-state index in [4.69, 9.17) is 0 Å². The molecule has 1 aliphatic rings. The van der Waals surface area contributed by atoms with E-state index in [9.17, 15) is 9.18 Å². The van der Waals surface area contributed by atoms with Crippen molar-refractivity contribution in [3.8, 4) is 5.69 Å². The second-order valence-electron chi connectivity index (χ2n) is 7.35. The van der Waals surface area contributed by atoms with Crippen LogP contribution in [0.3, 0.4) is 0 Å². The van der Waals surface area contributed by atoms with Crippen LogP contribution in [0.15, 0.2) is 66.7 Å². The van der Waals surface area contributed by atoms with Gasteiger partial charge in [-0.15, -0.1) is 0 Å². The van der Waals surface area contributed by atoms with Crippen molar-refractivity contribution in [1.82, 2.24) is 9.78 Å². The fraction of sp³-hybridized carbons (Fsp3) is 0.167. The lowest BCUT2D eigenvalue weighted by atomic mass is 10.1. The van der Waals surface area contributed by atoms with Gasteiger partial charge in [0.2, 0.25) is 0 Å².